The van der Waals surface area contributed by atoms with Crippen LogP contribution in [0.3, 0.4) is 0 Å². The molecule has 1 aromatic carbocycles. The first-order valence-corrected chi connectivity index (χ1v) is 9.52. The van der Waals surface area contributed by atoms with Gasteiger partial charge in [-0.1, -0.05) is 19.1 Å². The molecule has 2 amide bonds. The molecule has 1 saturated carbocycles. The molecule has 2 N–H and O–H groups in total. The van der Waals surface area contributed by atoms with Crippen molar-refractivity contribution in [1.82, 2.24) is 10.6 Å². The largest absolute Gasteiger partial charge is 0.372 e. The lowest BCUT2D eigenvalue weighted by atomic mass is 10.1. The summed E-state index contributed by atoms with van der Waals surface area (Å²) in [4.78, 5) is 26.0. The van der Waals surface area contributed by atoms with Crippen molar-refractivity contribution in [1.29, 1.82) is 0 Å². The van der Waals surface area contributed by atoms with Crippen molar-refractivity contribution in [3.63, 3.8) is 0 Å². The molecule has 5 nitrogen and oxygen atoms in total. The third-order valence-corrected chi connectivity index (χ3v) is 5.24. The standard InChI is InChI=1S/C20H29N3O2/c1-15-13-18(15)20(25)21-10-9-19(24)22-14-16-5-7-17(8-6-16)23-11-3-2-4-12-23/h5-8,15,18H,2-4,9-14H2,1H3,(H,21,25)(H,22,24)/t15-,18+/m1/s1. The molecule has 0 bridgehead atoms. The molecule has 25 heavy (non-hydrogen) atoms. The number of hydrogen-bond donors (Lipinski definition) is 2. The van der Waals surface area contributed by atoms with Crippen LogP contribution in [-0.2, 0) is 16.1 Å². The van der Waals surface area contributed by atoms with Crippen LogP contribution >= 0.6 is 0 Å². The van der Waals surface area contributed by atoms with E-state index in [1.165, 1.54) is 24.9 Å². The number of nitrogens with one attached hydrogen (secondary N) is 2. The van der Waals surface area contributed by atoms with E-state index < -0.39 is 0 Å². The molecule has 2 aliphatic rings. The molecule has 0 spiro atoms. The van der Waals surface area contributed by atoms with Crippen molar-refractivity contribution >= 4 is 17.5 Å². The summed E-state index contributed by atoms with van der Waals surface area (Å²) in [6.07, 6.45) is 5.19. The highest BCUT2D eigenvalue weighted by Crippen LogP contribution is 2.37. The summed E-state index contributed by atoms with van der Waals surface area (Å²) < 4.78 is 0. The van der Waals surface area contributed by atoms with E-state index in [0.29, 0.717) is 25.4 Å². The van der Waals surface area contributed by atoms with Crippen LogP contribution in [0.25, 0.3) is 0 Å². The summed E-state index contributed by atoms with van der Waals surface area (Å²) in [5, 5.41) is 5.76. The Hall–Kier alpha value is -2.04. The number of hydrogen-bond acceptors (Lipinski definition) is 3. The van der Waals surface area contributed by atoms with Gasteiger partial charge in [-0.3, -0.25) is 9.59 Å². The topological polar surface area (TPSA) is 61.4 Å². The molecule has 1 aliphatic carbocycles. The fourth-order valence-electron chi connectivity index (χ4n) is 3.38. The van der Waals surface area contributed by atoms with Crippen LogP contribution in [0, 0.1) is 11.8 Å². The summed E-state index contributed by atoms with van der Waals surface area (Å²) in [7, 11) is 0. The Kier molecular flexibility index (Phi) is 5.95. The fraction of sp³-hybridized carbons (Fsp3) is 0.600. The van der Waals surface area contributed by atoms with Gasteiger partial charge in [0.2, 0.25) is 11.8 Å². The molecule has 1 saturated heterocycles. The van der Waals surface area contributed by atoms with Gasteiger partial charge in [0.05, 0.1) is 0 Å². The van der Waals surface area contributed by atoms with Crippen LogP contribution in [0.2, 0.25) is 0 Å². The second-order valence-electron chi connectivity index (χ2n) is 7.35. The number of piperidine rings is 1. The summed E-state index contributed by atoms with van der Waals surface area (Å²) in [5.41, 5.74) is 2.37. The average molecular weight is 343 g/mol. The molecular formula is C20H29N3O2. The van der Waals surface area contributed by atoms with E-state index >= 15 is 0 Å². The van der Waals surface area contributed by atoms with Crippen molar-refractivity contribution < 1.29 is 9.59 Å². The predicted octanol–water partition coefficient (Wildman–Crippen LogP) is 2.46. The number of carbonyl (C=O) groups excluding carboxylic acids is 2. The summed E-state index contributed by atoms with van der Waals surface area (Å²) >= 11 is 0. The lowest BCUT2D eigenvalue weighted by molar-refractivity contribution is -0.123. The molecule has 0 aromatic heterocycles. The quantitative estimate of drug-likeness (QED) is 0.799. The van der Waals surface area contributed by atoms with E-state index in [1.807, 2.05) is 0 Å². The highest BCUT2D eigenvalue weighted by atomic mass is 16.2. The Morgan fingerprint density at radius 3 is 2.40 bits per heavy atom. The van der Waals surface area contributed by atoms with Crippen LogP contribution in [0.15, 0.2) is 24.3 Å². The highest BCUT2D eigenvalue weighted by Gasteiger charge is 2.38. The van der Waals surface area contributed by atoms with Crippen LogP contribution in [0.4, 0.5) is 5.69 Å². The summed E-state index contributed by atoms with van der Waals surface area (Å²) in [5.74, 6) is 0.737. The van der Waals surface area contributed by atoms with Gasteiger partial charge in [-0.15, -0.1) is 0 Å². The maximum Gasteiger partial charge on any atom is 0.223 e. The first-order valence-electron chi connectivity index (χ1n) is 9.52. The zero-order valence-corrected chi connectivity index (χ0v) is 15.1. The minimum Gasteiger partial charge on any atom is -0.372 e. The van der Waals surface area contributed by atoms with Gasteiger partial charge in [0.15, 0.2) is 0 Å². The van der Waals surface area contributed by atoms with Gasteiger partial charge in [0.1, 0.15) is 0 Å². The zero-order chi connectivity index (χ0) is 17.6. The van der Waals surface area contributed by atoms with E-state index in [0.717, 1.165) is 25.1 Å². The molecule has 0 unspecified atom stereocenters. The SMILES string of the molecule is C[C@@H]1C[C@@H]1C(=O)NCCC(=O)NCc1ccc(N2CCCCC2)cc1. The Labute approximate surface area is 150 Å². The molecule has 2 fully saturated rings. The van der Waals surface area contributed by atoms with Crippen molar-refractivity contribution in [3.8, 4) is 0 Å². The molecule has 1 aromatic rings. The van der Waals surface area contributed by atoms with Gasteiger partial charge in [-0.25, -0.2) is 0 Å². The normalized spacial score (nSPS) is 22.4. The van der Waals surface area contributed by atoms with Crippen LogP contribution in [-0.4, -0.2) is 31.4 Å². The van der Waals surface area contributed by atoms with Crippen molar-refractivity contribution in [2.24, 2.45) is 11.8 Å². The van der Waals surface area contributed by atoms with Crippen LogP contribution in [0.1, 0.15) is 44.6 Å². The van der Waals surface area contributed by atoms with Crippen molar-refractivity contribution in [2.45, 2.75) is 45.6 Å². The third kappa shape index (κ3) is 5.21. The molecule has 1 heterocycles. The zero-order valence-electron chi connectivity index (χ0n) is 15.1. The number of rotatable bonds is 7. The molecule has 136 valence electrons. The van der Waals surface area contributed by atoms with Gasteiger partial charge in [-0.05, 0) is 49.3 Å². The maximum atomic E-state index is 11.9. The lowest BCUT2D eigenvalue weighted by Crippen LogP contribution is -2.31. The van der Waals surface area contributed by atoms with Gasteiger partial charge in [0, 0.05) is 44.2 Å². The molecule has 0 radical (unpaired) electrons. The maximum absolute atomic E-state index is 11.9. The molecule has 1 aliphatic heterocycles. The second kappa shape index (κ2) is 8.37. The summed E-state index contributed by atoms with van der Waals surface area (Å²) in [6, 6.07) is 8.45. The van der Waals surface area contributed by atoms with Crippen molar-refractivity contribution in [3.05, 3.63) is 29.8 Å². The van der Waals surface area contributed by atoms with E-state index in [4.69, 9.17) is 0 Å². The smallest absolute Gasteiger partial charge is 0.223 e. The first kappa shape index (κ1) is 17.8. The number of benzene rings is 1. The van der Waals surface area contributed by atoms with Gasteiger partial charge >= 0.3 is 0 Å². The Bertz CT molecular complexity index is 593. The first-order chi connectivity index (χ1) is 12.1. The van der Waals surface area contributed by atoms with E-state index in [-0.39, 0.29) is 17.7 Å². The third-order valence-electron chi connectivity index (χ3n) is 5.24. The predicted molar refractivity (Wildman–Crippen MR) is 99.3 cm³/mol. The molecule has 3 rings (SSSR count). The van der Waals surface area contributed by atoms with E-state index in [9.17, 15) is 9.59 Å². The molecule has 5 heteroatoms. The Morgan fingerprint density at radius 1 is 1.08 bits per heavy atom. The van der Waals surface area contributed by atoms with Crippen LogP contribution < -0.4 is 15.5 Å². The number of anilines is 1. The van der Waals surface area contributed by atoms with Crippen molar-refractivity contribution in [2.75, 3.05) is 24.5 Å². The molecule has 2 atom stereocenters. The average Bonchev–Trinajstić information content (AvgIpc) is 3.38. The summed E-state index contributed by atoms with van der Waals surface area (Å²) in [6.45, 7) is 5.31. The molecular weight excluding hydrogens is 314 g/mol. The van der Waals surface area contributed by atoms with Gasteiger partial charge < -0.3 is 15.5 Å². The highest BCUT2D eigenvalue weighted by molar-refractivity contribution is 5.82. The fourth-order valence-corrected chi connectivity index (χ4v) is 3.38. The minimum atomic E-state index is -0.0238. The number of amides is 2. The lowest BCUT2D eigenvalue weighted by Gasteiger charge is -2.28. The Balaban J connectivity index is 1.34. The van der Waals surface area contributed by atoms with E-state index in [1.54, 1.807) is 0 Å². The monoisotopic (exact) mass is 343 g/mol. The number of carbonyl (C=O) groups is 2. The number of nitrogens with zero attached hydrogens (tertiary/aromatic N) is 1. The second-order valence-corrected chi connectivity index (χ2v) is 7.35. The van der Waals surface area contributed by atoms with Crippen LogP contribution in [0.5, 0.6) is 0 Å². The Morgan fingerprint density at radius 2 is 1.76 bits per heavy atom. The van der Waals surface area contributed by atoms with E-state index in [2.05, 4.69) is 46.7 Å². The minimum absolute atomic E-state index is 0.0238. The van der Waals surface area contributed by atoms with Gasteiger partial charge in [0.25, 0.3) is 0 Å². The van der Waals surface area contributed by atoms with Gasteiger partial charge in [-0.2, -0.15) is 0 Å².